The second-order valence-corrected chi connectivity index (χ2v) is 10.1. The van der Waals surface area contributed by atoms with Gasteiger partial charge in [0.25, 0.3) is 5.09 Å². The number of hydrogen-bond acceptors (Lipinski definition) is 10. The molecule has 0 unspecified atom stereocenters. The molecule has 2 heterocycles. The van der Waals surface area contributed by atoms with Crippen LogP contribution in [0.2, 0.25) is 5.15 Å². The van der Waals surface area contributed by atoms with E-state index in [9.17, 15) is 20.0 Å². The minimum Gasteiger partial charge on any atom is -0.408 e. The zero-order valence-corrected chi connectivity index (χ0v) is 24.4. The van der Waals surface area contributed by atoms with Gasteiger partial charge in [0.05, 0.1) is 12.3 Å². The topological polar surface area (TPSA) is 160 Å². The van der Waals surface area contributed by atoms with Gasteiger partial charge in [0, 0.05) is 18.5 Å². The Morgan fingerprint density at radius 3 is 2.55 bits per heavy atom. The van der Waals surface area contributed by atoms with Crippen LogP contribution in [0.5, 0.6) is 5.75 Å². The minimum absolute atomic E-state index is 0.139. The molecule has 5 aromatic rings. The van der Waals surface area contributed by atoms with E-state index in [1.807, 2.05) is 53.1 Å². The fraction of sp³-hybridized carbons (Fsp3) is 0.233. The smallest absolute Gasteiger partial charge is 0.408 e. The second-order valence-electron chi connectivity index (χ2n) is 9.77. The molecule has 14 heteroatoms. The lowest BCUT2D eigenvalue weighted by Crippen LogP contribution is -2.20. The molecule has 0 amide bonds. The van der Waals surface area contributed by atoms with Crippen molar-refractivity contribution in [2.45, 2.75) is 45.9 Å². The van der Waals surface area contributed by atoms with Gasteiger partial charge in [-0.1, -0.05) is 90.4 Å². The molecule has 5 rings (SSSR count). The number of ether oxygens (including phenoxy) is 1. The van der Waals surface area contributed by atoms with Crippen LogP contribution in [0.3, 0.4) is 0 Å². The van der Waals surface area contributed by atoms with Crippen molar-refractivity contribution in [3.05, 3.63) is 111 Å². The number of imidazole rings is 1. The molecule has 0 aliphatic rings. The third-order valence-electron chi connectivity index (χ3n) is 6.80. The highest BCUT2D eigenvalue weighted by molar-refractivity contribution is 6.30. The Bertz CT molecular complexity index is 1770. The van der Waals surface area contributed by atoms with Crippen LogP contribution in [0, 0.1) is 10.1 Å². The highest BCUT2D eigenvalue weighted by Gasteiger charge is 2.18. The lowest BCUT2D eigenvalue weighted by molar-refractivity contribution is -0.763. The molecule has 0 saturated carbocycles. The zero-order valence-electron chi connectivity index (χ0n) is 23.7. The Morgan fingerprint density at radius 1 is 1.05 bits per heavy atom. The van der Waals surface area contributed by atoms with Crippen LogP contribution < -0.4 is 4.74 Å². The van der Waals surface area contributed by atoms with Crippen molar-refractivity contribution in [3.8, 4) is 28.3 Å². The van der Waals surface area contributed by atoms with Crippen molar-refractivity contribution in [3.63, 3.8) is 0 Å². The molecular weight excluding hydrogens is 590 g/mol. The number of aliphatic hydroxyl groups is 1. The van der Waals surface area contributed by atoms with Crippen molar-refractivity contribution < 1.29 is 24.6 Å². The summed E-state index contributed by atoms with van der Waals surface area (Å²) in [6.45, 7) is 2.14. The molecular formula is C30H28ClN7O6. The van der Waals surface area contributed by atoms with E-state index in [1.54, 1.807) is 12.1 Å². The molecule has 0 saturated heterocycles. The number of rotatable bonds is 12. The van der Waals surface area contributed by atoms with E-state index in [2.05, 4.69) is 32.2 Å². The summed E-state index contributed by atoms with van der Waals surface area (Å²) in [5, 5.41) is 31.9. The number of tetrazole rings is 1. The van der Waals surface area contributed by atoms with Gasteiger partial charge in [-0.3, -0.25) is 0 Å². The molecule has 0 bridgehead atoms. The highest BCUT2D eigenvalue weighted by atomic mass is 35.5. The summed E-state index contributed by atoms with van der Waals surface area (Å²) in [5.74, 6) is 1.20. The maximum absolute atomic E-state index is 12.7. The second kappa shape index (κ2) is 13.9. The first-order valence-corrected chi connectivity index (χ1v) is 14.2. The molecule has 0 atom stereocenters. The predicted molar refractivity (Wildman–Crippen MR) is 159 cm³/mol. The number of benzene rings is 3. The Morgan fingerprint density at radius 2 is 1.82 bits per heavy atom. The molecule has 0 aliphatic heterocycles. The normalized spacial score (nSPS) is 11.0. The molecule has 0 radical (unpaired) electrons. The number of aryl methyl sites for hydroxylation is 1. The first kappa shape index (κ1) is 30.3. The van der Waals surface area contributed by atoms with Crippen LogP contribution in [0.15, 0.2) is 72.8 Å². The number of carbonyl (C=O) groups excluding carboxylic acids is 1. The van der Waals surface area contributed by atoms with Gasteiger partial charge in [-0.15, -0.1) is 20.3 Å². The number of hydrogen-bond donors (Lipinski definition) is 1. The summed E-state index contributed by atoms with van der Waals surface area (Å²) >= 11 is 6.30. The first-order chi connectivity index (χ1) is 21.4. The van der Waals surface area contributed by atoms with Gasteiger partial charge >= 0.3 is 6.09 Å². The SMILES string of the molecule is CCCCc1nc(Cl)c(CO)n1Cc1ccc(-c2ccccc2-c2nnn(C(=O)Oc3cccc(CO[N+](=O)[O-])c3)n2)cc1. The van der Waals surface area contributed by atoms with Crippen LogP contribution in [0.25, 0.3) is 22.5 Å². The van der Waals surface area contributed by atoms with Crippen molar-refractivity contribution in [2.24, 2.45) is 0 Å². The average molecular weight is 618 g/mol. The van der Waals surface area contributed by atoms with Gasteiger partial charge in [0.15, 0.2) is 5.15 Å². The van der Waals surface area contributed by atoms with E-state index in [0.717, 1.165) is 46.6 Å². The maximum atomic E-state index is 12.7. The van der Waals surface area contributed by atoms with Crippen molar-refractivity contribution in [1.29, 1.82) is 0 Å². The Labute approximate surface area is 256 Å². The molecule has 3 aromatic carbocycles. The quantitative estimate of drug-likeness (QED) is 0.140. The lowest BCUT2D eigenvalue weighted by atomic mass is 9.98. The fourth-order valence-electron chi connectivity index (χ4n) is 4.64. The monoisotopic (exact) mass is 617 g/mol. The molecule has 44 heavy (non-hydrogen) atoms. The van der Waals surface area contributed by atoms with Gasteiger partial charge in [-0.05, 0) is 46.0 Å². The first-order valence-electron chi connectivity index (χ1n) is 13.8. The summed E-state index contributed by atoms with van der Waals surface area (Å²) < 4.78 is 7.30. The van der Waals surface area contributed by atoms with Crippen LogP contribution in [-0.4, -0.2) is 46.0 Å². The number of carbonyl (C=O) groups is 1. The van der Waals surface area contributed by atoms with Crippen LogP contribution in [0.4, 0.5) is 4.79 Å². The fourth-order valence-corrected chi connectivity index (χ4v) is 4.90. The van der Waals surface area contributed by atoms with Gasteiger partial charge in [0.2, 0.25) is 5.82 Å². The van der Waals surface area contributed by atoms with Crippen molar-refractivity contribution in [2.75, 3.05) is 0 Å². The van der Waals surface area contributed by atoms with E-state index >= 15 is 0 Å². The zero-order chi connectivity index (χ0) is 31.1. The summed E-state index contributed by atoms with van der Waals surface area (Å²) in [5.41, 5.74) is 4.43. The average Bonchev–Trinajstić information content (AvgIpc) is 3.64. The third kappa shape index (κ3) is 7.07. The number of aromatic nitrogens is 6. The molecule has 2 aromatic heterocycles. The number of nitrogens with zero attached hydrogens (tertiary/aromatic N) is 7. The molecule has 0 aliphatic carbocycles. The highest BCUT2D eigenvalue weighted by Crippen LogP contribution is 2.30. The third-order valence-corrected chi connectivity index (χ3v) is 7.10. The van der Waals surface area contributed by atoms with Gasteiger partial charge < -0.3 is 19.2 Å². The number of aliphatic hydroxyl groups excluding tert-OH is 1. The number of unbranched alkanes of at least 4 members (excludes halogenated alkanes) is 1. The molecule has 226 valence electrons. The largest absolute Gasteiger partial charge is 0.459 e. The van der Waals surface area contributed by atoms with Crippen molar-refractivity contribution >= 4 is 17.7 Å². The summed E-state index contributed by atoms with van der Waals surface area (Å²) in [7, 11) is 0. The minimum atomic E-state index is -0.905. The standard InChI is InChI=1S/C30H28ClN7O6/c1-2-3-11-27-32-28(31)26(18-39)36(27)17-20-12-14-22(15-13-20)24-9-4-5-10-25(24)29-33-35-37(34-29)30(40)44-23-8-6-7-21(16-23)19-43-38(41)42/h4-10,12-16,39H,2-3,11,17-19H2,1H3. The summed E-state index contributed by atoms with van der Waals surface area (Å²) in [4.78, 5) is 32.7. The molecule has 0 fully saturated rings. The van der Waals surface area contributed by atoms with E-state index in [-0.39, 0.29) is 24.8 Å². The van der Waals surface area contributed by atoms with Crippen LogP contribution in [-0.2, 0) is 31.0 Å². The molecule has 13 nitrogen and oxygen atoms in total. The van der Waals surface area contributed by atoms with Gasteiger partial charge in [-0.25, -0.2) is 9.78 Å². The predicted octanol–water partition coefficient (Wildman–Crippen LogP) is 5.50. The summed E-state index contributed by atoms with van der Waals surface area (Å²) in [6, 6.07) is 21.6. The van der Waals surface area contributed by atoms with Crippen molar-refractivity contribution in [1.82, 2.24) is 29.8 Å². The Kier molecular flexibility index (Phi) is 9.57. The van der Waals surface area contributed by atoms with E-state index in [1.165, 1.54) is 12.1 Å². The number of halogens is 1. The lowest BCUT2D eigenvalue weighted by Gasteiger charge is -2.12. The van der Waals surface area contributed by atoms with Gasteiger partial charge in [0.1, 0.15) is 18.2 Å². The Balaban J connectivity index is 1.33. The van der Waals surface area contributed by atoms with Crippen LogP contribution >= 0.6 is 11.6 Å². The Hall–Kier alpha value is -5.14. The molecule has 0 spiro atoms. The van der Waals surface area contributed by atoms with E-state index in [0.29, 0.717) is 28.5 Å². The van der Waals surface area contributed by atoms with E-state index in [4.69, 9.17) is 16.3 Å². The molecule has 1 N–H and O–H groups in total. The van der Waals surface area contributed by atoms with Crippen LogP contribution in [0.1, 0.15) is 42.4 Å². The van der Waals surface area contributed by atoms with Gasteiger partial charge in [-0.2, -0.15) is 0 Å². The maximum Gasteiger partial charge on any atom is 0.459 e. The van der Waals surface area contributed by atoms with E-state index < -0.39 is 11.2 Å². The summed E-state index contributed by atoms with van der Waals surface area (Å²) in [6.07, 6.45) is 1.86.